The number of likely N-dealkylation sites (tertiary alicyclic amines) is 1. The zero-order chi connectivity index (χ0) is 15.5. The van der Waals surface area contributed by atoms with Crippen molar-refractivity contribution in [3.8, 4) is 0 Å². The van der Waals surface area contributed by atoms with E-state index in [-0.39, 0.29) is 5.56 Å². The molecule has 0 radical (unpaired) electrons. The molecule has 0 unspecified atom stereocenters. The normalized spacial score (nSPS) is 19.1. The molecule has 22 heavy (non-hydrogen) atoms. The van der Waals surface area contributed by atoms with Crippen molar-refractivity contribution in [3.05, 3.63) is 46.2 Å². The predicted molar refractivity (Wildman–Crippen MR) is 89.1 cm³/mol. The van der Waals surface area contributed by atoms with Crippen LogP contribution in [-0.2, 0) is 18.3 Å². The van der Waals surface area contributed by atoms with Crippen molar-refractivity contribution in [3.63, 3.8) is 0 Å². The summed E-state index contributed by atoms with van der Waals surface area (Å²) in [6, 6.07) is 10.5. The molecule has 2 aromatic rings. The van der Waals surface area contributed by atoms with E-state index in [9.17, 15) is 4.79 Å². The number of benzene rings is 1. The minimum Gasteiger partial charge on any atom is -0.380 e. The van der Waals surface area contributed by atoms with Gasteiger partial charge in [-0.1, -0.05) is 18.2 Å². The van der Waals surface area contributed by atoms with Crippen molar-refractivity contribution in [1.29, 1.82) is 0 Å². The molecule has 0 spiro atoms. The highest BCUT2D eigenvalue weighted by Gasteiger charge is 2.25. The highest BCUT2D eigenvalue weighted by Crippen LogP contribution is 2.21. The van der Waals surface area contributed by atoms with Gasteiger partial charge in [-0.15, -0.1) is 0 Å². The number of aromatic nitrogens is 1. The van der Waals surface area contributed by atoms with E-state index in [1.807, 2.05) is 38.2 Å². The van der Waals surface area contributed by atoms with E-state index >= 15 is 0 Å². The number of hydrogen-bond donors (Lipinski definition) is 0. The number of nitrogens with zero attached hydrogens (tertiary/aromatic N) is 2. The first-order valence-corrected chi connectivity index (χ1v) is 8.10. The molecule has 0 saturated carbocycles. The van der Waals surface area contributed by atoms with Crippen LogP contribution in [0.5, 0.6) is 0 Å². The zero-order valence-electron chi connectivity index (χ0n) is 13.4. The number of rotatable bonds is 5. The molecule has 1 atom stereocenters. The largest absolute Gasteiger partial charge is 0.380 e. The number of fused-ring (bicyclic) bond motifs is 1. The quantitative estimate of drug-likeness (QED) is 0.851. The molecule has 2 heterocycles. The number of pyridine rings is 1. The third kappa shape index (κ3) is 2.94. The standard InChI is InChI=1S/C18H24N2O2/c1-3-22-13-16-8-6-10-20(16)12-15-11-14-7-4-5-9-17(14)19(2)18(15)21/h4-5,7,9,11,16H,3,6,8,10,12-13H2,1-2H3/t16-/m0/s1. The molecule has 1 aliphatic rings. The molecule has 1 aromatic heterocycles. The Kier molecular flexibility index (Phi) is 4.60. The fourth-order valence-corrected chi connectivity index (χ4v) is 3.37. The lowest BCUT2D eigenvalue weighted by atomic mass is 10.1. The van der Waals surface area contributed by atoms with Gasteiger partial charge in [0.15, 0.2) is 0 Å². The minimum absolute atomic E-state index is 0.112. The molecule has 4 heteroatoms. The van der Waals surface area contributed by atoms with Gasteiger partial charge in [0.2, 0.25) is 0 Å². The molecular weight excluding hydrogens is 276 g/mol. The van der Waals surface area contributed by atoms with Crippen molar-refractivity contribution in [2.75, 3.05) is 19.8 Å². The molecule has 1 saturated heterocycles. The number of aryl methyl sites for hydroxylation is 1. The SMILES string of the molecule is CCOC[C@@H]1CCCN1Cc1cc2ccccc2n(C)c1=O. The molecule has 0 aliphatic carbocycles. The first-order valence-electron chi connectivity index (χ1n) is 8.10. The van der Waals surface area contributed by atoms with Gasteiger partial charge in [0.05, 0.1) is 12.1 Å². The van der Waals surface area contributed by atoms with Crippen molar-refractivity contribution in [2.45, 2.75) is 32.4 Å². The van der Waals surface area contributed by atoms with Crippen LogP contribution in [0, 0.1) is 0 Å². The van der Waals surface area contributed by atoms with Gasteiger partial charge in [0.1, 0.15) is 0 Å². The van der Waals surface area contributed by atoms with Crippen molar-refractivity contribution in [2.24, 2.45) is 7.05 Å². The van der Waals surface area contributed by atoms with Gasteiger partial charge >= 0.3 is 0 Å². The van der Waals surface area contributed by atoms with Crippen LogP contribution >= 0.6 is 0 Å². The van der Waals surface area contributed by atoms with Crippen molar-refractivity contribution in [1.82, 2.24) is 9.47 Å². The Balaban J connectivity index is 1.87. The second kappa shape index (κ2) is 6.63. The average Bonchev–Trinajstić information content (AvgIpc) is 2.97. The highest BCUT2D eigenvalue weighted by atomic mass is 16.5. The summed E-state index contributed by atoms with van der Waals surface area (Å²) >= 11 is 0. The summed E-state index contributed by atoms with van der Waals surface area (Å²) in [5.74, 6) is 0. The van der Waals surface area contributed by atoms with Gasteiger partial charge in [0.25, 0.3) is 5.56 Å². The van der Waals surface area contributed by atoms with Gasteiger partial charge in [-0.3, -0.25) is 9.69 Å². The first-order chi connectivity index (χ1) is 10.7. The van der Waals surface area contributed by atoms with Crippen LogP contribution in [-0.4, -0.2) is 35.3 Å². The van der Waals surface area contributed by atoms with E-state index in [1.54, 1.807) is 4.57 Å². The Morgan fingerprint density at radius 3 is 2.95 bits per heavy atom. The van der Waals surface area contributed by atoms with Crippen molar-refractivity contribution < 1.29 is 4.74 Å². The average molecular weight is 300 g/mol. The maximum atomic E-state index is 12.6. The fourth-order valence-electron chi connectivity index (χ4n) is 3.37. The molecular formula is C18H24N2O2. The Hall–Kier alpha value is -1.65. The number of para-hydroxylation sites is 1. The maximum absolute atomic E-state index is 12.6. The monoisotopic (exact) mass is 300 g/mol. The first kappa shape index (κ1) is 15.3. The maximum Gasteiger partial charge on any atom is 0.255 e. The van der Waals surface area contributed by atoms with Crippen LogP contribution in [0.4, 0.5) is 0 Å². The topological polar surface area (TPSA) is 34.5 Å². The molecule has 0 N–H and O–H groups in total. The van der Waals surface area contributed by atoms with Crippen molar-refractivity contribution >= 4 is 10.9 Å². The van der Waals surface area contributed by atoms with Crippen LogP contribution in [0.2, 0.25) is 0 Å². The summed E-state index contributed by atoms with van der Waals surface area (Å²) in [5.41, 5.74) is 1.98. The summed E-state index contributed by atoms with van der Waals surface area (Å²) in [6.07, 6.45) is 2.35. The van der Waals surface area contributed by atoms with E-state index in [0.717, 1.165) is 49.2 Å². The third-order valence-corrected chi connectivity index (χ3v) is 4.59. The van der Waals surface area contributed by atoms with Crippen LogP contribution in [0.15, 0.2) is 35.1 Å². The fraction of sp³-hybridized carbons (Fsp3) is 0.500. The third-order valence-electron chi connectivity index (χ3n) is 4.59. The second-order valence-corrected chi connectivity index (χ2v) is 6.02. The predicted octanol–water partition coefficient (Wildman–Crippen LogP) is 2.54. The Morgan fingerprint density at radius 1 is 1.32 bits per heavy atom. The molecule has 0 amide bonds. The Bertz CT molecular complexity index is 708. The lowest BCUT2D eigenvalue weighted by molar-refractivity contribution is 0.0822. The second-order valence-electron chi connectivity index (χ2n) is 6.02. The van der Waals surface area contributed by atoms with E-state index in [1.165, 1.54) is 6.42 Å². The zero-order valence-corrected chi connectivity index (χ0v) is 13.4. The summed E-state index contributed by atoms with van der Waals surface area (Å²) < 4.78 is 7.35. The molecule has 0 bridgehead atoms. The molecule has 1 fully saturated rings. The lowest BCUT2D eigenvalue weighted by Gasteiger charge is -2.24. The number of hydrogen-bond acceptors (Lipinski definition) is 3. The summed E-state index contributed by atoms with van der Waals surface area (Å²) in [6.45, 7) is 5.31. The van der Waals surface area contributed by atoms with E-state index in [0.29, 0.717) is 6.04 Å². The minimum atomic E-state index is 0.112. The summed E-state index contributed by atoms with van der Waals surface area (Å²) in [4.78, 5) is 15.0. The number of ether oxygens (including phenoxy) is 1. The van der Waals surface area contributed by atoms with Crippen LogP contribution in [0.3, 0.4) is 0 Å². The van der Waals surface area contributed by atoms with Crippen LogP contribution < -0.4 is 5.56 Å². The molecule has 1 aromatic carbocycles. The molecule has 3 rings (SSSR count). The van der Waals surface area contributed by atoms with Crippen LogP contribution in [0.25, 0.3) is 10.9 Å². The summed E-state index contributed by atoms with van der Waals surface area (Å²) in [7, 11) is 1.86. The van der Waals surface area contributed by atoms with E-state index < -0.39 is 0 Å². The van der Waals surface area contributed by atoms with Gasteiger partial charge in [-0.2, -0.15) is 0 Å². The van der Waals surface area contributed by atoms with E-state index in [2.05, 4.69) is 11.0 Å². The molecule has 118 valence electrons. The Labute approximate surface area is 131 Å². The summed E-state index contributed by atoms with van der Waals surface area (Å²) in [5, 5.41) is 1.13. The smallest absolute Gasteiger partial charge is 0.255 e. The van der Waals surface area contributed by atoms with Gasteiger partial charge in [-0.05, 0) is 43.8 Å². The lowest BCUT2D eigenvalue weighted by Crippen LogP contribution is -2.35. The van der Waals surface area contributed by atoms with Gasteiger partial charge in [0, 0.05) is 31.8 Å². The highest BCUT2D eigenvalue weighted by molar-refractivity contribution is 5.79. The van der Waals surface area contributed by atoms with Gasteiger partial charge in [-0.25, -0.2) is 0 Å². The van der Waals surface area contributed by atoms with E-state index in [4.69, 9.17) is 4.74 Å². The molecule has 1 aliphatic heterocycles. The van der Waals surface area contributed by atoms with Crippen LogP contribution in [0.1, 0.15) is 25.3 Å². The molecule has 4 nitrogen and oxygen atoms in total. The Morgan fingerprint density at radius 2 is 2.14 bits per heavy atom. The van der Waals surface area contributed by atoms with Gasteiger partial charge < -0.3 is 9.30 Å².